The Labute approximate surface area is 93.0 Å². The molecule has 1 rings (SSSR count). The van der Waals surface area contributed by atoms with E-state index in [-0.39, 0.29) is 17.0 Å². The lowest BCUT2D eigenvalue weighted by Gasteiger charge is -2.05. The first-order valence-corrected chi connectivity index (χ1v) is 7.14. The van der Waals surface area contributed by atoms with E-state index in [1.54, 1.807) is 13.8 Å². The van der Waals surface area contributed by atoms with Crippen LogP contribution in [0.2, 0.25) is 0 Å². The Morgan fingerprint density at radius 1 is 1.53 bits per heavy atom. The van der Waals surface area contributed by atoms with Crippen molar-refractivity contribution in [2.24, 2.45) is 0 Å². The number of rotatable bonds is 5. The zero-order chi connectivity index (χ0) is 11.5. The molecule has 1 aromatic rings. The molecule has 86 valence electrons. The second-order valence-electron chi connectivity index (χ2n) is 3.27. The van der Waals surface area contributed by atoms with Gasteiger partial charge < -0.3 is 5.73 Å². The van der Waals surface area contributed by atoms with Crippen LogP contribution in [0.1, 0.15) is 13.8 Å². The molecule has 0 amide bonds. The smallest absolute Gasteiger partial charge is 0.216 e. The van der Waals surface area contributed by atoms with E-state index in [0.717, 1.165) is 0 Å². The Bertz CT molecular complexity index is 412. The number of nitrogen functional groups attached to an aromatic ring is 1. The summed E-state index contributed by atoms with van der Waals surface area (Å²) in [6.45, 7) is 3.34. The zero-order valence-corrected chi connectivity index (χ0v) is 10.2. The van der Waals surface area contributed by atoms with Gasteiger partial charge in [-0.1, -0.05) is 11.8 Å². The average molecular weight is 250 g/mol. The highest BCUT2D eigenvalue weighted by molar-refractivity contribution is 8.00. The fourth-order valence-electron chi connectivity index (χ4n) is 0.807. The lowest BCUT2D eigenvalue weighted by molar-refractivity contribution is 0.589. The van der Waals surface area contributed by atoms with E-state index in [0.29, 0.717) is 10.9 Å². The number of H-pyrrole nitrogens is 1. The van der Waals surface area contributed by atoms with E-state index in [2.05, 4.69) is 15.2 Å². The number of thioether (sulfide) groups is 1. The maximum Gasteiger partial charge on any atom is 0.216 e. The molecule has 0 aliphatic heterocycles. The lowest BCUT2D eigenvalue weighted by atomic mass is 10.6. The molecule has 3 N–H and O–H groups in total. The molecule has 0 saturated carbocycles. The van der Waals surface area contributed by atoms with Crippen LogP contribution in [0.5, 0.6) is 0 Å². The van der Waals surface area contributed by atoms with Crippen molar-refractivity contribution in [2.45, 2.75) is 24.3 Å². The number of hydrogen-bond donors (Lipinski definition) is 2. The van der Waals surface area contributed by atoms with Crippen LogP contribution < -0.4 is 5.73 Å². The van der Waals surface area contributed by atoms with Crippen molar-refractivity contribution in [1.29, 1.82) is 0 Å². The molecule has 0 bridgehead atoms. The van der Waals surface area contributed by atoms with Gasteiger partial charge in [0, 0.05) is 5.75 Å². The molecule has 15 heavy (non-hydrogen) atoms. The molecule has 6 nitrogen and oxygen atoms in total. The molecule has 8 heteroatoms. The number of hydrogen-bond acceptors (Lipinski definition) is 6. The fourth-order valence-corrected chi connectivity index (χ4v) is 3.00. The second kappa shape index (κ2) is 4.84. The summed E-state index contributed by atoms with van der Waals surface area (Å²) >= 11 is 1.27. The van der Waals surface area contributed by atoms with Crippen molar-refractivity contribution in [3.63, 3.8) is 0 Å². The van der Waals surface area contributed by atoms with Gasteiger partial charge in [0.1, 0.15) is 0 Å². The molecule has 1 aromatic heterocycles. The van der Waals surface area contributed by atoms with Gasteiger partial charge in [0.2, 0.25) is 11.1 Å². The van der Waals surface area contributed by atoms with Crippen molar-refractivity contribution in [1.82, 2.24) is 15.2 Å². The minimum atomic E-state index is -2.98. The monoisotopic (exact) mass is 250 g/mol. The molecule has 1 heterocycles. The Morgan fingerprint density at radius 3 is 2.67 bits per heavy atom. The minimum Gasteiger partial charge on any atom is -0.368 e. The van der Waals surface area contributed by atoms with Gasteiger partial charge in [0.25, 0.3) is 0 Å². The van der Waals surface area contributed by atoms with Crippen molar-refractivity contribution < 1.29 is 8.42 Å². The molecule has 0 aromatic carbocycles. The number of nitrogens with two attached hydrogens (primary N) is 1. The van der Waals surface area contributed by atoms with Gasteiger partial charge >= 0.3 is 0 Å². The highest BCUT2D eigenvalue weighted by atomic mass is 32.2. The molecular formula is C7H14N4O2S2. The summed E-state index contributed by atoms with van der Waals surface area (Å²) in [6, 6.07) is 0. The maximum absolute atomic E-state index is 11.4. The van der Waals surface area contributed by atoms with Crippen LogP contribution in [-0.2, 0) is 9.84 Å². The van der Waals surface area contributed by atoms with Crippen LogP contribution in [0, 0.1) is 0 Å². The number of aromatic nitrogens is 3. The van der Waals surface area contributed by atoms with Crippen molar-refractivity contribution in [3.05, 3.63) is 0 Å². The summed E-state index contributed by atoms with van der Waals surface area (Å²) in [5.41, 5.74) is 5.32. The summed E-state index contributed by atoms with van der Waals surface area (Å²) in [5.74, 6) is 0.811. The van der Waals surface area contributed by atoms with Gasteiger partial charge in [-0.25, -0.2) is 13.5 Å². The summed E-state index contributed by atoms with van der Waals surface area (Å²) < 4.78 is 22.9. The van der Waals surface area contributed by atoms with Gasteiger partial charge in [0.05, 0.1) is 11.0 Å². The standard InChI is InChI=1S/C7H14N4O2S2/c1-5(2)15(12,13)4-3-14-7-9-6(8)10-11-7/h5H,3-4H2,1-2H3,(H3,8,9,10,11). The second-order valence-corrected chi connectivity index (χ2v) is 7.01. The SMILES string of the molecule is CC(C)S(=O)(=O)CCSc1n[nH]c(N)n1. The van der Waals surface area contributed by atoms with Crippen LogP contribution in [0.4, 0.5) is 5.95 Å². The molecule has 0 aliphatic carbocycles. The first-order chi connectivity index (χ1) is 6.92. The Kier molecular flexibility index (Phi) is 3.97. The molecule has 0 aliphatic rings. The third kappa shape index (κ3) is 3.71. The number of aromatic amines is 1. The largest absolute Gasteiger partial charge is 0.368 e. The Balaban J connectivity index is 2.40. The number of nitrogens with one attached hydrogen (secondary N) is 1. The van der Waals surface area contributed by atoms with Gasteiger partial charge in [-0.2, -0.15) is 4.98 Å². The molecule has 0 unspecified atom stereocenters. The van der Waals surface area contributed by atoms with Gasteiger partial charge in [-0.3, -0.25) is 0 Å². The first kappa shape index (κ1) is 12.3. The minimum absolute atomic E-state index is 0.129. The van der Waals surface area contributed by atoms with E-state index in [1.165, 1.54) is 11.8 Å². The topological polar surface area (TPSA) is 102 Å². The van der Waals surface area contributed by atoms with Gasteiger partial charge in [-0.05, 0) is 13.8 Å². The van der Waals surface area contributed by atoms with E-state index in [1.807, 2.05) is 0 Å². The van der Waals surface area contributed by atoms with E-state index < -0.39 is 9.84 Å². The Hall–Kier alpha value is -0.760. The summed E-state index contributed by atoms with van der Waals surface area (Å²) in [6.07, 6.45) is 0. The van der Waals surface area contributed by atoms with Crippen molar-refractivity contribution in [2.75, 3.05) is 17.2 Å². The van der Waals surface area contributed by atoms with Crippen molar-refractivity contribution >= 4 is 27.5 Å². The molecule has 0 fully saturated rings. The lowest BCUT2D eigenvalue weighted by Crippen LogP contribution is -2.18. The molecule has 0 atom stereocenters. The summed E-state index contributed by atoms with van der Waals surface area (Å²) in [5, 5.41) is 6.41. The first-order valence-electron chi connectivity index (χ1n) is 4.44. The van der Waals surface area contributed by atoms with Gasteiger partial charge in [0.15, 0.2) is 9.84 Å². The molecular weight excluding hydrogens is 236 g/mol. The third-order valence-electron chi connectivity index (χ3n) is 1.80. The third-order valence-corrected chi connectivity index (χ3v) is 5.12. The van der Waals surface area contributed by atoms with Crippen LogP contribution in [0.3, 0.4) is 0 Å². The predicted octanol–water partition coefficient (Wildman–Crippen LogP) is 0.302. The van der Waals surface area contributed by atoms with Crippen LogP contribution in [0.15, 0.2) is 5.16 Å². The Morgan fingerprint density at radius 2 is 2.20 bits per heavy atom. The van der Waals surface area contributed by atoms with Crippen molar-refractivity contribution in [3.8, 4) is 0 Å². The quantitative estimate of drug-likeness (QED) is 0.729. The normalized spacial score (nSPS) is 12.2. The number of anilines is 1. The average Bonchev–Trinajstić information content (AvgIpc) is 2.51. The summed E-state index contributed by atoms with van der Waals surface area (Å²) in [7, 11) is -2.98. The fraction of sp³-hybridized carbons (Fsp3) is 0.714. The van der Waals surface area contributed by atoms with E-state index in [4.69, 9.17) is 5.73 Å². The molecule has 0 saturated heterocycles. The number of sulfone groups is 1. The molecule has 0 spiro atoms. The van der Waals surface area contributed by atoms with Gasteiger partial charge in [-0.15, -0.1) is 5.10 Å². The van der Waals surface area contributed by atoms with Crippen LogP contribution in [-0.4, -0.2) is 40.4 Å². The molecule has 0 radical (unpaired) electrons. The van der Waals surface area contributed by atoms with Crippen LogP contribution in [0.25, 0.3) is 0 Å². The maximum atomic E-state index is 11.4. The predicted molar refractivity (Wildman–Crippen MR) is 60.4 cm³/mol. The van der Waals surface area contributed by atoms with Crippen LogP contribution >= 0.6 is 11.8 Å². The number of nitrogens with zero attached hydrogens (tertiary/aromatic N) is 2. The van der Waals surface area contributed by atoms with E-state index >= 15 is 0 Å². The zero-order valence-electron chi connectivity index (χ0n) is 8.60. The highest BCUT2D eigenvalue weighted by Crippen LogP contribution is 2.14. The highest BCUT2D eigenvalue weighted by Gasteiger charge is 2.16. The van der Waals surface area contributed by atoms with E-state index in [9.17, 15) is 8.42 Å². The summed E-state index contributed by atoms with van der Waals surface area (Å²) in [4.78, 5) is 3.85.